The SMILES string of the molecule is CC(C)=CC(=O)NC(C)CC(O)c1ccco1. The first-order valence-corrected chi connectivity index (χ1v) is 5.66. The molecule has 0 saturated carbocycles. The first kappa shape index (κ1) is 13.5. The summed E-state index contributed by atoms with van der Waals surface area (Å²) in [7, 11) is 0. The number of aliphatic hydroxyl groups excluding tert-OH is 1. The Hall–Kier alpha value is -1.55. The van der Waals surface area contributed by atoms with E-state index in [1.165, 1.54) is 12.3 Å². The largest absolute Gasteiger partial charge is 0.467 e. The molecule has 1 heterocycles. The molecule has 1 rings (SSSR count). The third-order valence-electron chi connectivity index (χ3n) is 2.26. The molecule has 1 amide bonds. The third-order valence-corrected chi connectivity index (χ3v) is 2.26. The highest BCUT2D eigenvalue weighted by Crippen LogP contribution is 2.18. The first-order valence-electron chi connectivity index (χ1n) is 5.66. The van der Waals surface area contributed by atoms with Gasteiger partial charge < -0.3 is 14.8 Å². The molecular weight excluding hydrogens is 218 g/mol. The molecule has 0 aliphatic heterocycles. The molecule has 0 bridgehead atoms. The van der Waals surface area contributed by atoms with Crippen LogP contribution in [0.25, 0.3) is 0 Å². The van der Waals surface area contributed by atoms with E-state index in [0.29, 0.717) is 12.2 Å². The van der Waals surface area contributed by atoms with Crippen LogP contribution in [0.2, 0.25) is 0 Å². The van der Waals surface area contributed by atoms with Gasteiger partial charge in [0, 0.05) is 18.5 Å². The number of aliphatic hydroxyl groups is 1. The minimum atomic E-state index is -0.688. The zero-order valence-corrected chi connectivity index (χ0v) is 10.4. The van der Waals surface area contributed by atoms with Crippen molar-refractivity contribution in [1.29, 1.82) is 0 Å². The van der Waals surface area contributed by atoms with Crippen LogP contribution in [0.3, 0.4) is 0 Å². The summed E-state index contributed by atoms with van der Waals surface area (Å²) < 4.78 is 5.09. The second-order valence-electron chi connectivity index (χ2n) is 4.40. The fourth-order valence-electron chi connectivity index (χ4n) is 1.54. The van der Waals surface area contributed by atoms with Gasteiger partial charge in [0.15, 0.2) is 0 Å². The normalized spacial score (nSPS) is 13.9. The van der Waals surface area contributed by atoms with Gasteiger partial charge in [-0.1, -0.05) is 5.57 Å². The molecule has 0 spiro atoms. The molecule has 2 unspecified atom stereocenters. The van der Waals surface area contributed by atoms with E-state index in [1.54, 1.807) is 12.1 Å². The van der Waals surface area contributed by atoms with Crippen molar-refractivity contribution < 1.29 is 14.3 Å². The Labute approximate surface area is 101 Å². The van der Waals surface area contributed by atoms with Crippen LogP contribution >= 0.6 is 0 Å². The second kappa shape index (κ2) is 6.25. The molecule has 1 aromatic rings. The molecule has 4 nitrogen and oxygen atoms in total. The van der Waals surface area contributed by atoms with E-state index in [4.69, 9.17) is 4.42 Å². The van der Waals surface area contributed by atoms with E-state index < -0.39 is 6.10 Å². The predicted molar refractivity (Wildman–Crippen MR) is 65.3 cm³/mol. The molecule has 2 atom stereocenters. The Morgan fingerprint density at radius 1 is 1.59 bits per heavy atom. The highest BCUT2D eigenvalue weighted by molar-refractivity contribution is 5.88. The van der Waals surface area contributed by atoms with Crippen LogP contribution in [0.15, 0.2) is 34.5 Å². The van der Waals surface area contributed by atoms with Gasteiger partial charge >= 0.3 is 0 Å². The zero-order valence-electron chi connectivity index (χ0n) is 10.4. The Morgan fingerprint density at radius 2 is 2.29 bits per heavy atom. The summed E-state index contributed by atoms with van der Waals surface area (Å²) in [5.74, 6) is 0.387. The van der Waals surface area contributed by atoms with Gasteiger partial charge in [-0.05, 0) is 32.9 Å². The van der Waals surface area contributed by atoms with Crippen molar-refractivity contribution in [3.8, 4) is 0 Å². The molecule has 0 aliphatic carbocycles. The monoisotopic (exact) mass is 237 g/mol. The summed E-state index contributed by atoms with van der Waals surface area (Å²) in [6, 6.07) is 3.33. The summed E-state index contributed by atoms with van der Waals surface area (Å²) in [6.07, 6.45) is 2.79. The first-order chi connectivity index (χ1) is 7.99. The lowest BCUT2D eigenvalue weighted by molar-refractivity contribution is -0.117. The Balaban J connectivity index is 2.42. The molecule has 1 aromatic heterocycles. The number of carbonyl (C=O) groups excluding carboxylic acids is 1. The summed E-state index contributed by atoms with van der Waals surface area (Å²) in [5.41, 5.74) is 0.946. The van der Waals surface area contributed by atoms with Crippen LogP contribution in [0.1, 0.15) is 39.1 Å². The van der Waals surface area contributed by atoms with E-state index in [0.717, 1.165) is 5.57 Å². The molecule has 94 valence electrons. The lowest BCUT2D eigenvalue weighted by Crippen LogP contribution is -2.32. The molecule has 0 fully saturated rings. The van der Waals surface area contributed by atoms with E-state index in [2.05, 4.69) is 5.32 Å². The minimum absolute atomic E-state index is 0.113. The summed E-state index contributed by atoms with van der Waals surface area (Å²) in [5, 5.41) is 12.6. The number of nitrogens with one attached hydrogen (secondary N) is 1. The van der Waals surface area contributed by atoms with Gasteiger partial charge in [0.25, 0.3) is 0 Å². The van der Waals surface area contributed by atoms with Gasteiger partial charge in [0.1, 0.15) is 11.9 Å². The predicted octanol–water partition coefficient (Wildman–Crippen LogP) is 2.17. The van der Waals surface area contributed by atoms with Crippen molar-refractivity contribution in [3.05, 3.63) is 35.8 Å². The van der Waals surface area contributed by atoms with Gasteiger partial charge in [-0.2, -0.15) is 0 Å². The van der Waals surface area contributed by atoms with Crippen molar-refractivity contribution in [1.82, 2.24) is 5.32 Å². The van der Waals surface area contributed by atoms with Crippen LogP contribution in [0.4, 0.5) is 0 Å². The number of hydrogen-bond acceptors (Lipinski definition) is 3. The van der Waals surface area contributed by atoms with Crippen molar-refractivity contribution in [2.45, 2.75) is 39.3 Å². The van der Waals surface area contributed by atoms with Crippen LogP contribution in [0, 0.1) is 0 Å². The van der Waals surface area contributed by atoms with Gasteiger partial charge in [0.05, 0.1) is 6.26 Å². The average Bonchev–Trinajstić information content (AvgIpc) is 2.67. The number of furan rings is 1. The van der Waals surface area contributed by atoms with E-state index in [-0.39, 0.29) is 11.9 Å². The van der Waals surface area contributed by atoms with E-state index >= 15 is 0 Å². The minimum Gasteiger partial charge on any atom is -0.467 e. The van der Waals surface area contributed by atoms with E-state index in [9.17, 15) is 9.90 Å². The number of rotatable bonds is 5. The molecule has 17 heavy (non-hydrogen) atoms. The Kier molecular flexibility index (Phi) is 4.97. The summed E-state index contributed by atoms with van der Waals surface area (Å²) >= 11 is 0. The molecule has 2 N–H and O–H groups in total. The highest BCUT2D eigenvalue weighted by atomic mass is 16.4. The fourth-order valence-corrected chi connectivity index (χ4v) is 1.54. The quantitative estimate of drug-likeness (QED) is 0.771. The van der Waals surface area contributed by atoms with Crippen LogP contribution in [-0.4, -0.2) is 17.1 Å². The number of amides is 1. The van der Waals surface area contributed by atoms with Crippen molar-refractivity contribution in [3.63, 3.8) is 0 Å². The van der Waals surface area contributed by atoms with Crippen molar-refractivity contribution >= 4 is 5.91 Å². The molecular formula is C13H19NO3. The van der Waals surface area contributed by atoms with Crippen LogP contribution in [0.5, 0.6) is 0 Å². The molecule has 0 aliphatic rings. The second-order valence-corrected chi connectivity index (χ2v) is 4.40. The number of carbonyl (C=O) groups is 1. The van der Waals surface area contributed by atoms with Crippen molar-refractivity contribution in [2.75, 3.05) is 0 Å². The van der Waals surface area contributed by atoms with E-state index in [1.807, 2.05) is 20.8 Å². The topological polar surface area (TPSA) is 62.5 Å². The maximum Gasteiger partial charge on any atom is 0.244 e. The highest BCUT2D eigenvalue weighted by Gasteiger charge is 2.15. The maximum absolute atomic E-state index is 11.4. The Morgan fingerprint density at radius 3 is 2.82 bits per heavy atom. The lowest BCUT2D eigenvalue weighted by Gasteiger charge is -2.15. The lowest BCUT2D eigenvalue weighted by atomic mass is 10.1. The molecule has 0 aromatic carbocycles. The Bertz CT molecular complexity index is 377. The van der Waals surface area contributed by atoms with Crippen LogP contribution in [-0.2, 0) is 4.79 Å². The summed E-state index contributed by atoms with van der Waals surface area (Å²) in [6.45, 7) is 5.58. The number of allylic oxidation sites excluding steroid dienone is 1. The molecule has 0 radical (unpaired) electrons. The average molecular weight is 237 g/mol. The van der Waals surface area contributed by atoms with Gasteiger partial charge in [-0.3, -0.25) is 4.79 Å². The third kappa shape index (κ3) is 4.87. The van der Waals surface area contributed by atoms with Gasteiger partial charge in [-0.15, -0.1) is 0 Å². The molecule has 4 heteroatoms. The smallest absolute Gasteiger partial charge is 0.244 e. The van der Waals surface area contributed by atoms with Gasteiger partial charge in [-0.25, -0.2) is 0 Å². The zero-order chi connectivity index (χ0) is 12.8. The number of hydrogen-bond donors (Lipinski definition) is 2. The van der Waals surface area contributed by atoms with Crippen LogP contribution < -0.4 is 5.32 Å². The maximum atomic E-state index is 11.4. The summed E-state index contributed by atoms with van der Waals surface area (Å²) in [4.78, 5) is 11.4. The fraction of sp³-hybridized carbons (Fsp3) is 0.462. The standard InChI is InChI=1S/C13H19NO3/c1-9(2)7-13(16)14-10(3)8-11(15)12-5-4-6-17-12/h4-7,10-11,15H,8H2,1-3H3,(H,14,16). The van der Waals surface area contributed by atoms with Crippen molar-refractivity contribution in [2.24, 2.45) is 0 Å². The van der Waals surface area contributed by atoms with Gasteiger partial charge in [0.2, 0.25) is 5.91 Å². The molecule has 0 saturated heterocycles.